The van der Waals surface area contributed by atoms with E-state index in [-0.39, 0.29) is 18.7 Å². The zero-order valence-corrected chi connectivity index (χ0v) is 13.5. The minimum atomic E-state index is -0.222. The standard InChI is InChI=1S/C21H17NO3/c23-21(17-11-12-18-19(13-17)25-14-24-18)22-20(15-7-3-1-4-8-15)16-9-5-2-6-10-16/h1-13,20H,14H2,(H,22,23). The van der Waals surface area contributed by atoms with E-state index in [2.05, 4.69) is 5.32 Å². The van der Waals surface area contributed by atoms with Crippen molar-refractivity contribution in [2.75, 3.05) is 6.79 Å². The summed E-state index contributed by atoms with van der Waals surface area (Å²) in [6, 6.07) is 24.9. The van der Waals surface area contributed by atoms with Crippen LogP contribution in [0.25, 0.3) is 0 Å². The topological polar surface area (TPSA) is 47.6 Å². The molecular weight excluding hydrogens is 314 g/mol. The summed E-state index contributed by atoms with van der Waals surface area (Å²) in [6.45, 7) is 0.192. The van der Waals surface area contributed by atoms with Crippen molar-refractivity contribution in [3.63, 3.8) is 0 Å². The van der Waals surface area contributed by atoms with Crippen molar-refractivity contribution in [1.29, 1.82) is 0 Å². The van der Waals surface area contributed by atoms with Gasteiger partial charge in [-0.3, -0.25) is 4.79 Å². The molecule has 0 bridgehead atoms. The number of fused-ring (bicyclic) bond motifs is 1. The third kappa shape index (κ3) is 3.19. The van der Waals surface area contributed by atoms with Gasteiger partial charge in [0.1, 0.15) is 0 Å². The number of ether oxygens (including phenoxy) is 2. The molecule has 1 amide bonds. The molecule has 3 aromatic rings. The number of hydrogen-bond acceptors (Lipinski definition) is 3. The Morgan fingerprint density at radius 1 is 0.800 bits per heavy atom. The highest BCUT2D eigenvalue weighted by Crippen LogP contribution is 2.32. The maximum Gasteiger partial charge on any atom is 0.252 e. The van der Waals surface area contributed by atoms with E-state index in [0.717, 1.165) is 11.1 Å². The van der Waals surface area contributed by atoms with E-state index in [1.165, 1.54) is 0 Å². The number of rotatable bonds is 4. The van der Waals surface area contributed by atoms with Crippen LogP contribution in [0, 0.1) is 0 Å². The number of nitrogens with one attached hydrogen (secondary N) is 1. The molecule has 4 heteroatoms. The van der Waals surface area contributed by atoms with E-state index in [1.54, 1.807) is 18.2 Å². The van der Waals surface area contributed by atoms with Gasteiger partial charge in [-0.15, -0.1) is 0 Å². The molecule has 0 saturated heterocycles. The van der Waals surface area contributed by atoms with Crippen LogP contribution in [0.2, 0.25) is 0 Å². The summed E-state index contributed by atoms with van der Waals surface area (Å²) in [5.41, 5.74) is 2.60. The van der Waals surface area contributed by atoms with Gasteiger partial charge in [-0.05, 0) is 29.3 Å². The summed E-state index contributed by atoms with van der Waals surface area (Å²) in [6.07, 6.45) is 0. The summed E-state index contributed by atoms with van der Waals surface area (Å²) < 4.78 is 10.7. The van der Waals surface area contributed by atoms with Crippen molar-refractivity contribution < 1.29 is 14.3 Å². The molecule has 0 atom stereocenters. The average molecular weight is 331 g/mol. The Bertz CT molecular complexity index is 839. The Hall–Kier alpha value is -3.27. The molecule has 4 rings (SSSR count). The fraction of sp³-hybridized carbons (Fsp3) is 0.0952. The second-order valence-corrected chi connectivity index (χ2v) is 5.80. The predicted octanol–water partition coefficient (Wildman–Crippen LogP) is 3.93. The molecule has 1 heterocycles. The molecule has 0 aromatic heterocycles. The van der Waals surface area contributed by atoms with Crippen LogP contribution >= 0.6 is 0 Å². The molecule has 1 aliphatic rings. The summed E-state index contributed by atoms with van der Waals surface area (Å²) in [5.74, 6) is 1.11. The number of amides is 1. The Balaban J connectivity index is 1.63. The Labute approximate surface area is 146 Å². The quantitative estimate of drug-likeness (QED) is 0.788. The summed E-state index contributed by atoms with van der Waals surface area (Å²) >= 11 is 0. The van der Waals surface area contributed by atoms with Crippen molar-refractivity contribution in [1.82, 2.24) is 5.32 Å². The second-order valence-electron chi connectivity index (χ2n) is 5.80. The normalized spacial score (nSPS) is 12.2. The molecule has 0 spiro atoms. The predicted molar refractivity (Wildman–Crippen MR) is 94.8 cm³/mol. The van der Waals surface area contributed by atoms with Crippen LogP contribution in [-0.4, -0.2) is 12.7 Å². The lowest BCUT2D eigenvalue weighted by Gasteiger charge is -2.20. The van der Waals surface area contributed by atoms with Gasteiger partial charge < -0.3 is 14.8 Å². The molecule has 1 N–H and O–H groups in total. The number of hydrogen-bond donors (Lipinski definition) is 1. The van der Waals surface area contributed by atoms with Gasteiger partial charge in [0, 0.05) is 5.56 Å². The van der Waals surface area contributed by atoms with Gasteiger partial charge in [0.05, 0.1) is 6.04 Å². The van der Waals surface area contributed by atoms with Crippen molar-refractivity contribution in [2.45, 2.75) is 6.04 Å². The van der Waals surface area contributed by atoms with Gasteiger partial charge >= 0.3 is 0 Å². The first-order valence-electron chi connectivity index (χ1n) is 8.12. The lowest BCUT2D eigenvalue weighted by molar-refractivity contribution is 0.0942. The fourth-order valence-electron chi connectivity index (χ4n) is 2.90. The van der Waals surface area contributed by atoms with Crippen molar-refractivity contribution in [3.05, 3.63) is 95.6 Å². The van der Waals surface area contributed by atoms with Crippen LogP contribution in [0.5, 0.6) is 11.5 Å². The van der Waals surface area contributed by atoms with E-state index in [4.69, 9.17) is 9.47 Å². The van der Waals surface area contributed by atoms with Crippen LogP contribution in [0.3, 0.4) is 0 Å². The maximum absolute atomic E-state index is 12.8. The van der Waals surface area contributed by atoms with Crippen LogP contribution in [0.15, 0.2) is 78.9 Å². The van der Waals surface area contributed by atoms with Crippen LogP contribution in [0.1, 0.15) is 27.5 Å². The molecule has 124 valence electrons. The zero-order chi connectivity index (χ0) is 17.1. The van der Waals surface area contributed by atoms with E-state index < -0.39 is 0 Å². The first kappa shape index (κ1) is 15.3. The molecule has 0 aliphatic carbocycles. The molecule has 0 unspecified atom stereocenters. The lowest BCUT2D eigenvalue weighted by Crippen LogP contribution is -2.29. The molecule has 0 fully saturated rings. The van der Waals surface area contributed by atoms with E-state index in [1.807, 2.05) is 60.7 Å². The van der Waals surface area contributed by atoms with Gasteiger partial charge in [0.25, 0.3) is 5.91 Å². The van der Waals surface area contributed by atoms with Crippen molar-refractivity contribution in [2.24, 2.45) is 0 Å². The number of carbonyl (C=O) groups is 1. The fourth-order valence-corrected chi connectivity index (χ4v) is 2.90. The monoisotopic (exact) mass is 331 g/mol. The highest BCUT2D eigenvalue weighted by molar-refractivity contribution is 5.95. The molecule has 4 nitrogen and oxygen atoms in total. The molecule has 0 saturated carbocycles. The maximum atomic E-state index is 12.8. The van der Waals surface area contributed by atoms with E-state index in [9.17, 15) is 4.79 Å². The van der Waals surface area contributed by atoms with E-state index in [0.29, 0.717) is 17.1 Å². The summed E-state index contributed by atoms with van der Waals surface area (Å²) in [4.78, 5) is 12.8. The Morgan fingerprint density at radius 2 is 1.40 bits per heavy atom. The van der Waals surface area contributed by atoms with Crippen LogP contribution < -0.4 is 14.8 Å². The molecule has 25 heavy (non-hydrogen) atoms. The molecule has 0 radical (unpaired) electrons. The van der Waals surface area contributed by atoms with Gasteiger partial charge in [-0.2, -0.15) is 0 Å². The van der Waals surface area contributed by atoms with E-state index >= 15 is 0 Å². The van der Waals surface area contributed by atoms with Crippen LogP contribution in [0.4, 0.5) is 0 Å². The van der Waals surface area contributed by atoms with Gasteiger partial charge in [0.15, 0.2) is 11.5 Å². The lowest BCUT2D eigenvalue weighted by atomic mass is 9.98. The highest BCUT2D eigenvalue weighted by atomic mass is 16.7. The smallest absolute Gasteiger partial charge is 0.252 e. The highest BCUT2D eigenvalue weighted by Gasteiger charge is 2.20. The van der Waals surface area contributed by atoms with Gasteiger partial charge in [-0.25, -0.2) is 0 Å². The number of carbonyl (C=O) groups excluding carboxylic acids is 1. The third-order valence-corrected chi connectivity index (χ3v) is 4.18. The Morgan fingerprint density at radius 3 is 2.04 bits per heavy atom. The van der Waals surface area contributed by atoms with Gasteiger partial charge in [0.2, 0.25) is 6.79 Å². The third-order valence-electron chi connectivity index (χ3n) is 4.18. The van der Waals surface area contributed by atoms with Crippen molar-refractivity contribution >= 4 is 5.91 Å². The minimum Gasteiger partial charge on any atom is -0.454 e. The number of benzene rings is 3. The summed E-state index contributed by atoms with van der Waals surface area (Å²) in [7, 11) is 0. The Kier molecular flexibility index (Phi) is 4.09. The average Bonchev–Trinajstić information content (AvgIpc) is 3.15. The molecule has 3 aromatic carbocycles. The largest absolute Gasteiger partial charge is 0.454 e. The first-order valence-corrected chi connectivity index (χ1v) is 8.12. The minimum absolute atomic E-state index is 0.156. The first-order chi connectivity index (χ1) is 12.3. The van der Waals surface area contributed by atoms with Crippen LogP contribution in [-0.2, 0) is 0 Å². The zero-order valence-electron chi connectivity index (χ0n) is 13.5. The van der Waals surface area contributed by atoms with Gasteiger partial charge in [-0.1, -0.05) is 60.7 Å². The molecular formula is C21H17NO3. The second kappa shape index (κ2) is 6.69. The van der Waals surface area contributed by atoms with Crippen molar-refractivity contribution in [3.8, 4) is 11.5 Å². The summed E-state index contributed by atoms with van der Waals surface area (Å²) in [5, 5.41) is 3.12. The molecule has 1 aliphatic heterocycles. The SMILES string of the molecule is O=C(NC(c1ccccc1)c1ccccc1)c1ccc2c(c1)OCO2.